The molecule has 0 amide bonds. The molecule has 0 spiro atoms. The molecule has 0 fully saturated rings. The summed E-state index contributed by atoms with van der Waals surface area (Å²) in [5.74, 6) is -0.365. The fraction of sp³-hybridized carbons (Fsp3) is 0.200. The Morgan fingerprint density at radius 3 is 2.25 bits per heavy atom. The van der Waals surface area contributed by atoms with Crippen molar-refractivity contribution in [3.63, 3.8) is 0 Å². The van der Waals surface area contributed by atoms with Gasteiger partial charge in [-0.05, 0) is 30.7 Å². The first-order valence-corrected chi connectivity index (χ1v) is 8.00. The molecule has 2 aromatic rings. The minimum Gasteiger partial charge on any atom is -0.320 e. The predicted molar refractivity (Wildman–Crippen MR) is 76.7 cm³/mol. The molecule has 0 aromatic heterocycles. The lowest BCUT2D eigenvalue weighted by atomic mass is 9.98. The molecule has 106 valence electrons. The topological polar surface area (TPSA) is 60.2 Å². The van der Waals surface area contributed by atoms with Crippen molar-refractivity contribution in [2.45, 2.75) is 17.9 Å². The van der Waals surface area contributed by atoms with Crippen LogP contribution in [0, 0.1) is 12.7 Å². The Morgan fingerprint density at radius 1 is 1.10 bits per heavy atom. The van der Waals surface area contributed by atoms with Crippen LogP contribution in [-0.2, 0) is 9.84 Å². The van der Waals surface area contributed by atoms with Gasteiger partial charge in [0.25, 0.3) is 0 Å². The maximum absolute atomic E-state index is 13.8. The van der Waals surface area contributed by atoms with E-state index in [2.05, 4.69) is 0 Å². The van der Waals surface area contributed by atoms with Gasteiger partial charge in [0.2, 0.25) is 0 Å². The van der Waals surface area contributed by atoms with Crippen molar-refractivity contribution >= 4 is 9.84 Å². The molecule has 3 nitrogen and oxygen atoms in total. The largest absolute Gasteiger partial charge is 0.320 e. The van der Waals surface area contributed by atoms with Gasteiger partial charge < -0.3 is 5.73 Å². The normalized spacial score (nSPS) is 13.2. The summed E-state index contributed by atoms with van der Waals surface area (Å²) in [6.45, 7) is 1.86. The quantitative estimate of drug-likeness (QED) is 0.946. The summed E-state index contributed by atoms with van der Waals surface area (Å²) in [6, 6.07) is 10.3. The fourth-order valence-corrected chi connectivity index (χ4v) is 2.63. The Balaban J connectivity index is 2.39. The summed E-state index contributed by atoms with van der Waals surface area (Å²) >= 11 is 0. The molecule has 0 saturated heterocycles. The smallest absolute Gasteiger partial charge is 0.175 e. The lowest BCUT2D eigenvalue weighted by Crippen LogP contribution is -2.14. The van der Waals surface area contributed by atoms with Crippen LogP contribution < -0.4 is 5.73 Å². The van der Waals surface area contributed by atoms with Crippen molar-refractivity contribution in [3.05, 3.63) is 65.0 Å². The molecule has 0 radical (unpaired) electrons. The molecule has 2 aromatic carbocycles. The number of benzene rings is 2. The third-order valence-corrected chi connectivity index (χ3v) is 4.28. The highest BCUT2D eigenvalue weighted by molar-refractivity contribution is 7.90. The van der Waals surface area contributed by atoms with Gasteiger partial charge in [0.1, 0.15) is 5.82 Å². The monoisotopic (exact) mass is 293 g/mol. The number of aryl methyl sites for hydroxylation is 1. The van der Waals surface area contributed by atoms with E-state index in [1.165, 1.54) is 18.2 Å². The molecule has 0 heterocycles. The van der Waals surface area contributed by atoms with Crippen LogP contribution in [-0.4, -0.2) is 14.7 Å². The molecule has 2 rings (SSSR count). The van der Waals surface area contributed by atoms with E-state index in [1.54, 1.807) is 24.3 Å². The minimum absolute atomic E-state index is 0.221. The number of hydrogen-bond acceptors (Lipinski definition) is 3. The van der Waals surface area contributed by atoms with Gasteiger partial charge in [0.05, 0.1) is 10.9 Å². The summed E-state index contributed by atoms with van der Waals surface area (Å²) in [4.78, 5) is 0.221. The van der Waals surface area contributed by atoms with E-state index in [-0.39, 0.29) is 10.7 Å². The van der Waals surface area contributed by atoms with Crippen LogP contribution >= 0.6 is 0 Å². The summed E-state index contributed by atoms with van der Waals surface area (Å²) in [6.07, 6.45) is 1.14. The maximum atomic E-state index is 13.8. The van der Waals surface area contributed by atoms with E-state index >= 15 is 0 Å². The van der Waals surface area contributed by atoms with Gasteiger partial charge in [-0.1, -0.05) is 29.8 Å². The van der Waals surface area contributed by atoms with Crippen LogP contribution in [0.3, 0.4) is 0 Å². The summed E-state index contributed by atoms with van der Waals surface area (Å²) in [7, 11) is -3.24. The van der Waals surface area contributed by atoms with Crippen molar-refractivity contribution < 1.29 is 12.8 Å². The number of halogens is 1. The first-order chi connectivity index (χ1) is 9.29. The predicted octanol–water partition coefficient (Wildman–Crippen LogP) is 2.59. The molecule has 0 aliphatic carbocycles. The van der Waals surface area contributed by atoms with Crippen molar-refractivity contribution in [1.29, 1.82) is 0 Å². The first-order valence-electron chi connectivity index (χ1n) is 6.10. The zero-order valence-corrected chi connectivity index (χ0v) is 12.1. The van der Waals surface area contributed by atoms with Gasteiger partial charge in [-0.2, -0.15) is 0 Å². The second kappa shape index (κ2) is 5.34. The fourth-order valence-electron chi connectivity index (χ4n) is 2.00. The van der Waals surface area contributed by atoms with Crippen LogP contribution in [0.1, 0.15) is 22.7 Å². The van der Waals surface area contributed by atoms with Crippen LogP contribution in [0.5, 0.6) is 0 Å². The average molecular weight is 293 g/mol. The van der Waals surface area contributed by atoms with Gasteiger partial charge in [-0.3, -0.25) is 0 Å². The van der Waals surface area contributed by atoms with Gasteiger partial charge in [0.15, 0.2) is 9.84 Å². The first kappa shape index (κ1) is 14.7. The summed E-state index contributed by atoms with van der Waals surface area (Å²) < 4.78 is 36.6. The number of rotatable bonds is 3. The third kappa shape index (κ3) is 3.05. The van der Waals surface area contributed by atoms with Gasteiger partial charge in [-0.25, -0.2) is 12.8 Å². The second-order valence-electron chi connectivity index (χ2n) is 4.84. The molecule has 20 heavy (non-hydrogen) atoms. The molecule has 5 heteroatoms. The van der Waals surface area contributed by atoms with E-state index in [0.29, 0.717) is 11.1 Å². The molecular formula is C15H16FNO2S. The number of sulfone groups is 1. The number of nitrogens with two attached hydrogens (primary N) is 1. The summed E-state index contributed by atoms with van der Waals surface area (Å²) in [5.41, 5.74) is 8.05. The van der Waals surface area contributed by atoms with Crippen LogP contribution in [0.25, 0.3) is 0 Å². The zero-order chi connectivity index (χ0) is 14.9. The van der Waals surface area contributed by atoms with Crippen LogP contribution in [0.15, 0.2) is 47.4 Å². The standard InChI is InChI=1S/C15H16FNO2S/c1-10-3-8-14(16)13(9-10)15(17)11-4-6-12(7-5-11)20(2,18)19/h3-9,15H,17H2,1-2H3. The molecule has 0 saturated carbocycles. The van der Waals surface area contributed by atoms with Crippen LogP contribution in [0.4, 0.5) is 4.39 Å². The molecular weight excluding hydrogens is 277 g/mol. The van der Waals surface area contributed by atoms with E-state index < -0.39 is 15.9 Å². The maximum Gasteiger partial charge on any atom is 0.175 e. The lowest BCUT2D eigenvalue weighted by molar-refractivity contribution is 0.597. The number of hydrogen-bond donors (Lipinski definition) is 1. The molecule has 1 unspecified atom stereocenters. The second-order valence-corrected chi connectivity index (χ2v) is 6.86. The lowest BCUT2D eigenvalue weighted by Gasteiger charge is -2.14. The van der Waals surface area contributed by atoms with E-state index in [1.807, 2.05) is 6.92 Å². The highest BCUT2D eigenvalue weighted by Crippen LogP contribution is 2.24. The van der Waals surface area contributed by atoms with Crippen LogP contribution in [0.2, 0.25) is 0 Å². The Kier molecular flexibility index (Phi) is 3.92. The highest BCUT2D eigenvalue weighted by atomic mass is 32.2. The van der Waals surface area contributed by atoms with Gasteiger partial charge >= 0.3 is 0 Å². The Morgan fingerprint density at radius 2 is 1.70 bits per heavy atom. The van der Waals surface area contributed by atoms with Crippen molar-refractivity contribution in [2.24, 2.45) is 5.73 Å². The van der Waals surface area contributed by atoms with Gasteiger partial charge in [0, 0.05) is 11.8 Å². The average Bonchev–Trinajstić information content (AvgIpc) is 2.40. The minimum atomic E-state index is -3.24. The Bertz CT molecular complexity index is 724. The SMILES string of the molecule is Cc1ccc(F)c(C(N)c2ccc(S(C)(=O)=O)cc2)c1. The van der Waals surface area contributed by atoms with Gasteiger partial charge in [-0.15, -0.1) is 0 Å². The molecule has 0 aliphatic heterocycles. The van der Waals surface area contributed by atoms with E-state index in [0.717, 1.165) is 11.8 Å². The molecule has 0 aliphatic rings. The molecule has 2 N–H and O–H groups in total. The zero-order valence-electron chi connectivity index (χ0n) is 11.3. The molecule has 1 atom stereocenters. The van der Waals surface area contributed by atoms with E-state index in [4.69, 9.17) is 5.73 Å². The summed E-state index contributed by atoms with van der Waals surface area (Å²) in [5, 5.41) is 0. The van der Waals surface area contributed by atoms with Crippen molar-refractivity contribution in [3.8, 4) is 0 Å². The van der Waals surface area contributed by atoms with Crippen molar-refractivity contribution in [2.75, 3.05) is 6.26 Å². The molecule has 0 bridgehead atoms. The Hall–Kier alpha value is -1.72. The van der Waals surface area contributed by atoms with Crippen molar-refractivity contribution in [1.82, 2.24) is 0 Å². The Labute approximate surface area is 118 Å². The highest BCUT2D eigenvalue weighted by Gasteiger charge is 2.15. The van der Waals surface area contributed by atoms with E-state index in [9.17, 15) is 12.8 Å². The third-order valence-electron chi connectivity index (χ3n) is 3.15.